The number of likely N-dealkylation sites (tertiary alicyclic amines) is 1. The van der Waals surface area contributed by atoms with Crippen LogP contribution in [0.2, 0.25) is 0 Å². The molecule has 0 bridgehead atoms. The van der Waals surface area contributed by atoms with Crippen molar-refractivity contribution in [3.63, 3.8) is 0 Å². The van der Waals surface area contributed by atoms with Gasteiger partial charge in [0.25, 0.3) is 0 Å². The molecule has 25 heavy (non-hydrogen) atoms. The minimum atomic E-state index is -0.0259. The highest BCUT2D eigenvalue weighted by atomic mass is 16.5. The summed E-state index contributed by atoms with van der Waals surface area (Å²) in [5, 5.41) is 5.54. The quantitative estimate of drug-likeness (QED) is 0.674. The highest BCUT2D eigenvalue weighted by Gasteiger charge is 2.24. The molecule has 1 heterocycles. The Morgan fingerprint density at radius 2 is 1.88 bits per heavy atom. The molecule has 1 aromatic carbocycles. The minimum absolute atomic E-state index is 0.0259. The summed E-state index contributed by atoms with van der Waals surface area (Å²) >= 11 is 0. The number of nitrogens with zero attached hydrogens (tertiary/aromatic N) is 1. The molecule has 0 saturated carbocycles. The monoisotopic (exact) mass is 349 g/mol. The number of piperidine rings is 1. The Morgan fingerprint density at radius 3 is 2.52 bits per heavy atom. The molecule has 7 heteroatoms. The van der Waals surface area contributed by atoms with Crippen molar-refractivity contribution < 1.29 is 19.1 Å². The molecule has 0 aliphatic carbocycles. The largest absolute Gasteiger partial charge is 0.493 e. The highest BCUT2D eigenvalue weighted by Crippen LogP contribution is 2.25. The predicted molar refractivity (Wildman–Crippen MR) is 94.7 cm³/mol. The Labute approximate surface area is 148 Å². The second-order valence-corrected chi connectivity index (χ2v) is 6.01. The molecule has 2 amide bonds. The van der Waals surface area contributed by atoms with Gasteiger partial charge < -0.3 is 20.1 Å². The number of para-hydroxylation sites is 2. The van der Waals surface area contributed by atoms with Gasteiger partial charge in [-0.15, -0.1) is 0 Å². The number of rotatable bonds is 8. The van der Waals surface area contributed by atoms with Crippen LogP contribution in [0.5, 0.6) is 11.5 Å². The van der Waals surface area contributed by atoms with Crippen molar-refractivity contribution in [3.8, 4) is 11.5 Å². The molecule has 138 valence electrons. The fourth-order valence-corrected chi connectivity index (χ4v) is 2.91. The number of carbonyl (C=O) groups excluding carboxylic acids is 2. The molecule has 1 saturated heterocycles. The second kappa shape index (κ2) is 9.88. The molecule has 0 spiro atoms. The topological polar surface area (TPSA) is 79.9 Å². The van der Waals surface area contributed by atoms with Crippen LogP contribution in [-0.2, 0) is 9.59 Å². The molecule has 2 N–H and O–H groups in total. The zero-order valence-corrected chi connectivity index (χ0v) is 14.9. The van der Waals surface area contributed by atoms with Gasteiger partial charge in [0.1, 0.15) is 6.61 Å². The first-order chi connectivity index (χ1) is 12.1. The van der Waals surface area contributed by atoms with E-state index in [0.717, 1.165) is 25.9 Å². The highest BCUT2D eigenvalue weighted by molar-refractivity contribution is 5.79. The first-order valence-electron chi connectivity index (χ1n) is 8.60. The summed E-state index contributed by atoms with van der Waals surface area (Å²) in [6.45, 7) is 2.71. The van der Waals surface area contributed by atoms with Crippen LogP contribution in [-0.4, -0.2) is 63.7 Å². The fraction of sp³-hybridized carbons (Fsp3) is 0.556. The lowest BCUT2D eigenvalue weighted by molar-refractivity contribution is -0.126. The summed E-state index contributed by atoms with van der Waals surface area (Å²) in [5.74, 6) is 1.47. The van der Waals surface area contributed by atoms with Gasteiger partial charge in [-0.25, -0.2) is 0 Å². The lowest BCUT2D eigenvalue weighted by atomic mass is 9.96. The summed E-state index contributed by atoms with van der Waals surface area (Å²) < 4.78 is 10.8. The van der Waals surface area contributed by atoms with Gasteiger partial charge in [-0.05, 0) is 38.1 Å². The third-order valence-electron chi connectivity index (χ3n) is 4.32. The van der Waals surface area contributed by atoms with Crippen molar-refractivity contribution in [1.82, 2.24) is 15.5 Å². The van der Waals surface area contributed by atoms with Crippen LogP contribution < -0.4 is 20.1 Å². The Morgan fingerprint density at radius 1 is 1.20 bits per heavy atom. The van der Waals surface area contributed by atoms with Crippen molar-refractivity contribution in [3.05, 3.63) is 24.3 Å². The van der Waals surface area contributed by atoms with Crippen LogP contribution in [0.15, 0.2) is 24.3 Å². The van der Waals surface area contributed by atoms with Crippen molar-refractivity contribution in [2.45, 2.75) is 12.8 Å². The first-order valence-corrected chi connectivity index (χ1v) is 8.60. The van der Waals surface area contributed by atoms with E-state index < -0.39 is 0 Å². The molecule has 1 aliphatic rings. The van der Waals surface area contributed by atoms with Crippen LogP contribution in [0.3, 0.4) is 0 Å². The zero-order chi connectivity index (χ0) is 18.1. The summed E-state index contributed by atoms with van der Waals surface area (Å²) in [6.07, 6.45) is 1.59. The average molecular weight is 349 g/mol. The number of carbonyl (C=O) groups is 2. The van der Waals surface area contributed by atoms with E-state index in [2.05, 4.69) is 15.5 Å². The van der Waals surface area contributed by atoms with Crippen LogP contribution in [0.1, 0.15) is 12.8 Å². The third-order valence-corrected chi connectivity index (χ3v) is 4.32. The summed E-state index contributed by atoms with van der Waals surface area (Å²) in [5.41, 5.74) is 0. The van der Waals surface area contributed by atoms with Gasteiger partial charge in [0.05, 0.1) is 20.2 Å². The Hall–Kier alpha value is -2.28. The minimum Gasteiger partial charge on any atom is -0.493 e. The van der Waals surface area contributed by atoms with Gasteiger partial charge in [0.15, 0.2) is 11.5 Å². The van der Waals surface area contributed by atoms with Crippen molar-refractivity contribution in [2.24, 2.45) is 5.92 Å². The van der Waals surface area contributed by atoms with Gasteiger partial charge in [0.2, 0.25) is 11.8 Å². The molecule has 7 nitrogen and oxygen atoms in total. The van der Waals surface area contributed by atoms with E-state index in [-0.39, 0.29) is 17.7 Å². The van der Waals surface area contributed by atoms with Crippen molar-refractivity contribution in [2.75, 3.05) is 46.9 Å². The fourth-order valence-electron chi connectivity index (χ4n) is 2.91. The van der Waals surface area contributed by atoms with E-state index in [1.807, 2.05) is 24.3 Å². The molecule has 0 atom stereocenters. The van der Waals surface area contributed by atoms with Crippen molar-refractivity contribution >= 4 is 11.8 Å². The molecule has 0 radical (unpaired) electrons. The van der Waals surface area contributed by atoms with E-state index in [0.29, 0.717) is 31.2 Å². The Balaban J connectivity index is 1.62. The second-order valence-electron chi connectivity index (χ2n) is 6.01. The van der Waals surface area contributed by atoms with Crippen LogP contribution in [0.25, 0.3) is 0 Å². The molecule has 1 aliphatic heterocycles. The van der Waals surface area contributed by atoms with E-state index >= 15 is 0 Å². The SMILES string of the molecule is CNC(=O)C1CCN(CC(=O)NCCOc2ccccc2OC)CC1. The van der Waals surface area contributed by atoms with Gasteiger partial charge in [-0.2, -0.15) is 0 Å². The lowest BCUT2D eigenvalue weighted by Crippen LogP contribution is -2.44. The predicted octanol–water partition coefficient (Wildman–Crippen LogP) is 0.648. The van der Waals surface area contributed by atoms with Gasteiger partial charge >= 0.3 is 0 Å². The molecular weight excluding hydrogens is 322 g/mol. The number of hydrogen-bond acceptors (Lipinski definition) is 5. The molecule has 0 aromatic heterocycles. The maximum absolute atomic E-state index is 12.0. The summed E-state index contributed by atoms with van der Waals surface area (Å²) in [4.78, 5) is 25.7. The normalized spacial score (nSPS) is 15.4. The Bertz CT molecular complexity index is 571. The van der Waals surface area contributed by atoms with Crippen LogP contribution >= 0.6 is 0 Å². The van der Waals surface area contributed by atoms with E-state index in [1.165, 1.54) is 0 Å². The number of benzene rings is 1. The molecule has 0 unspecified atom stereocenters. The van der Waals surface area contributed by atoms with E-state index in [1.54, 1.807) is 14.2 Å². The van der Waals surface area contributed by atoms with E-state index in [4.69, 9.17) is 9.47 Å². The zero-order valence-electron chi connectivity index (χ0n) is 14.9. The van der Waals surface area contributed by atoms with Crippen LogP contribution in [0.4, 0.5) is 0 Å². The van der Waals surface area contributed by atoms with Gasteiger partial charge in [-0.3, -0.25) is 14.5 Å². The molecule has 1 aromatic rings. The molecular formula is C18H27N3O4. The van der Waals surface area contributed by atoms with E-state index in [9.17, 15) is 9.59 Å². The lowest BCUT2D eigenvalue weighted by Gasteiger charge is -2.30. The standard InChI is InChI=1S/C18H27N3O4/c1-19-18(23)14-7-10-21(11-8-14)13-17(22)20-9-12-25-16-6-4-3-5-15(16)24-2/h3-6,14H,7-13H2,1-2H3,(H,19,23)(H,20,22). The number of amides is 2. The van der Waals surface area contributed by atoms with Gasteiger partial charge in [-0.1, -0.05) is 12.1 Å². The third kappa shape index (κ3) is 5.94. The number of nitrogens with one attached hydrogen (secondary N) is 2. The van der Waals surface area contributed by atoms with Crippen LogP contribution in [0, 0.1) is 5.92 Å². The summed E-state index contributed by atoms with van der Waals surface area (Å²) in [7, 11) is 3.26. The number of ether oxygens (including phenoxy) is 2. The first kappa shape index (κ1) is 19.1. The van der Waals surface area contributed by atoms with Gasteiger partial charge in [0, 0.05) is 13.0 Å². The smallest absolute Gasteiger partial charge is 0.234 e. The number of methoxy groups -OCH3 is 1. The Kier molecular flexibility index (Phi) is 7.53. The maximum atomic E-state index is 12.0. The maximum Gasteiger partial charge on any atom is 0.234 e. The summed E-state index contributed by atoms with van der Waals surface area (Å²) in [6, 6.07) is 7.41. The van der Waals surface area contributed by atoms with Crippen molar-refractivity contribution in [1.29, 1.82) is 0 Å². The average Bonchev–Trinajstić information content (AvgIpc) is 2.65. The number of hydrogen-bond donors (Lipinski definition) is 2. The molecule has 2 rings (SSSR count). The molecule has 1 fully saturated rings.